The number of nitrogens with zero attached hydrogens (tertiary/aromatic N) is 1. The van der Waals surface area contributed by atoms with E-state index in [4.69, 9.17) is 0 Å². The van der Waals surface area contributed by atoms with Gasteiger partial charge in [-0.25, -0.2) is 0 Å². The zero-order valence-electron chi connectivity index (χ0n) is 13.2. The first-order chi connectivity index (χ1) is 10.5. The van der Waals surface area contributed by atoms with Gasteiger partial charge in [-0.15, -0.1) is 0 Å². The summed E-state index contributed by atoms with van der Waals surface area (Å²) in [6.07, 6.45) is 3.70. The van der Waals surface area contributed by atoms with Crippen molar-refractivity contribution in [3.05, 3.63) is 70.7 Å². The summed E-state index contributed by atoms with van der Waals surface area (Å²) in [5, 5.41) is 13.9. The predicted molar refractivity (Wildman–Crippen MR) is 86.3 cm³/mol. The van der Waals surface area contributed by atoms with Crippen LogP contribution in [0, 0.1) is 11.1 Å². The van der Waals surface area contributed by atoms with Gasteiger partial charge < -0.3 is 10.5 Å². The molecule has 0 saturated carbocycles. The fourth-order valence-electron chi connectivity index (χ4n) is 2.34. The summed E-state index contributed by atoms with van der Waals surface area (Å²) in [4.78, 5) is 12.1. The molecule has 1 amide bonds. The first kappa shape index (κ1) is 16.0. The van der Waals surface area contributed by atoms with Gasteiger partial charge in [0.15, 0.2) is 12.4 Å². The number of hydrogen-bond acceptors (Lipinski definition) is 2. The first-order valence-corrected chi connectivity index (χ1v) is 7.54. The Morgan fingerprint density at radius 3 is 2.23 bits per heavy atom. The molecule has 2 aromatic rings. The zero-order valence-corrected chi connectivity index (χ0v) is 13.2. The Labute approximate surface area is 131 Å². The lowest BCUT2D eigenvalue weighted by Gasteiger charge is -2.15. The maximum Gasteiger partial charge on any atom is 0.252 e. The van der Waals surface area contributed by atoms with Gasteiger partial charge in [0, 0.05) is 12.1 Å². The van der Waals surface area contributed by atoms with Crippen molar-refractivity contribution in [3.8, 4) is 0 Å². The van der Waals surface area contributed by atoms with Gasteiger partial charge in [0.2, 0.25) is 0 Å². The Kier molecular flexibility index (Phi) is 5.15. The number of benzene rings is 1. The highest BCUT2D eigenvalue weighted by Crippen LogP contribution is 2.16. The van der Waals surface area contributed by atoms with Crippen LogP contribution in [0.4, 0.5) is 0 Å². The molecule has 116 valence electrons. The molecule has 1 atom stereocenters. The summed E-state index contributed by atoms with van der Waals surface area (Å²) in [5.74, 6) is 0.448. The fraction of sp³-hybridized carbons (Fsp3) is 0.333. The molecule has 0 aliphatic rings. The normalized spacial score (nSPS) is 12.2. The van der Waals surface area contributed by atoms with E-state index in [9.17, 15) is 10.0 Å². The van der Waals surface area contributed by atoms with Gasteiger partial charge in [0.05, 0.1) is 11.6 Å². The second kappa shape index (κ2) is 7.07. The molecule has 0 saturated heterocycles. The summed E-state index contributed by atoms with van der Waals surface area (Å²) in [5.41, 5.74) is 2.85. The molecule has 1 N–H and O–H groups in total. The minimum Gasteiger partial charge on any atom is -0.619 e. The van der Waals surface area contributed by atoms with Gasteiger partial charge in [-0.1, -0.05) is 38.1 Å². The maximum atomic E-state index is 12.1. The lowest BCUT2D eigenvalue weighted by atomic mass is 10.00. The molecule has 0 unspecified atom stereocenters. The van der Waals surface area contributed by atoms with E-state index >= 15 is 0 Å². The van der Waals surface area contributed by atoms with E-state index in [0.29, 0.717) is 16.2 Å². The van der Waals surface area contributed by atoms with Crippen LogP contribution in [0.3, 0.4) is 0 Å². The average molecular weight is 298 g/mol. The Balaban J connectivity index is 2.00. The van der Waals surface area contributed by atoms with Crippen molar-refractivity contribution in [3.63, 3.8) is 0 Å². The molecule has 4 nitrogen and oxygen atoms in total. The zero-order chi connectivity index (χ0) is 16.1. The molecule has 1 heterocycles. The average Bonchev–Trinajstić information content (AvgIpc) is 2.48. The van der Waals surface area contributed by atoms with E-state index in [1.165, 1.54) is 30.1 Å². The van der Waals surface area contributed by atoms with E-state index in [1.807, 2.05) is 6.92 Å². The van der Waals surface area contributed by atoms with Crippen molar-refractivity contribution < 1.29 is 9.52 Å². The highest BCUT2D eigenvalue weighted by Gasteiger charge is 2.12. The van der Waals surface area contributed by atoms with Crippen molar-refractivity contribution in [2.24, 2.45) is 5.92 Å². The standard InChI is InChI=1S/C18H22N2O2/c1-13(2)12-15-4-6-16(7-5-15)14(3)19-18(21)17-8-10-20(22)11-9-17/h4-11,13-14H,12H2,1-3H3,(H,19,21)/t14-/m1/s1. The molecule has 0 radical (unpaired) electrons. The van der Waals surface area contributed by atoms with Crippen LogP contribution in [-0.2, 0) is 6.42 Å². The Morgan fingerprint density at radius 1 is 1.09 bits per heavy atom. The molecule has 0 aliphatic heterocycles. The lowest BCUT2D eigenvalue weighted by Crippen LogP contribution is -2.29. The van der Waals surface area contributed by atoms with Gasteiger partial charge in [-0.3, -0.25) is 4.79 Å². The number of nitrogens with one attached hydrogen (secondary N) is 1. The molecule has 0 aliphatic carbocycles. The molecular weight excluding hydrogens is 276 g/mol. The SMILES string of the molecule is CC(C)Cc1ccc([C@@H](C)NC(=O)c2cc[n+]([O-])cc2)cc1. The number of carbonyl (C=O) groups excluding carboxylic acids is 1. The molecule has 4 heteroatoms. The summed E-state index contributed by atoms with van der Waals surface area (Å²) in [6.45, 7) is 6.34. The molecule has 1 aromatic carbocycles. The van der Waals surface area contributed by atoms with Crippen LogP contribution in [0.25, 0.3) is 0 Å². The third kappa shape index (κ3) is 4.32. The predicted octanol–water partition coefficient (Wildman–Crippen LogP) is 3.01. The Morgan fingerprint density at radius 2 is 1.68 bits per heavy atom. The Bertz CT molecular complexity index is 619. The van der Waals surface area contributed by atoms with Crippen molar-refractivity contribution in [1.29, 1.82) is 0 Å². The fourth-order valence-corrected chi connectivity index (χ4v) is 2.34. The lowest BCUT2D eigenvalue weighted by molar-refractivity contribution is -0.605. The van der Waals surface area contributed by atoms with Crippen LogP contribution in [-0.4, -0.2) is 5.91 Å². The van der Waals surface area contributed by atoms with Crippen LogP contribution in [0.2, 0.25) is 0 Å². The van der Waals surface area contributed by atoms with Crippen molar-refractivity contribution >= 4 is 5.91 Å². The number of carbonyl (C=O) groups is 1. The summed E-state index contributed by atoms with van der Waals surface area (Å²) >= 11 is 0. The highest BCUT2D eigenvalue weighted by atomic mass is 16.5. The third-order valence-corrected chi connectivity index (χ3v) is 3.54. The smallest absolute Gasteiger partial charge is 0.252 e. The number of pyridine rings is 1. The molecule has 0 fully saturated rings. The number of rotatable bonds is 5. The molecule has 1 aromatic heterocycles. The monoisotopic (exact) mass is 298 g/mol. The molecule has 0 bridgehead atoms. The number of aromatic nitrogens is 1. The van der Waals surface area contributed by atoms with Gasteiger partial charge in [-0.2, -0.15) is 4.73 Å². The quantitative estimate of drug-likeness (QED) is 0.681. The first-order valence-electron chi connectivity index (χ1n) is 7.54. The van der Waals surface area contributed by atoms with Gasteiger partial charge in [-0.05, 0) is 30.4 Å². The maximum absolute atomic E-state index is 12.1. The second-order valence-corrected chi connectivity index (χ2v) is 5.98. The van der Waals surface area contributed by atoms with Crippen LogP contribution < -0.4 is 10.0 Å². The molecule has 2 rings (SSSR count). The molecular formula is C18H22N2O2. The summed E-state index contributed by atoms with van der Waals surface area (Å²) in [7, 11) is 0. The van der Waals surface area contributed by atoms with E-state index in [1.54, 1.807) is 0 Å². The van der Waals surface area contributed by atoms with E-state index in [2.05, 4.69) is 43.4 Å². The molecule has 0 spiro atoms. The van der Waals surface area contributed by atoms with Gasteiger partial charge in [0.1, 0.15) is 0 Å². The van der Waals surface area contributed by atoms with Crippen LogP contribution in [0.15, 0.2) is 48.8 Å². The largest absolute Gasteiger partial charge is 0.619 e. The Hall–Kier alpha value is -2.36. The third-order valence-electron chi connectivity index (χ3n) is 3.54. The van der Waals surface area contributed by atoms with Crippen LogP contribution >= 0.6 is 0 Å². The summed E-state index contributed by atoms with van der Waals surface area (Å²) < 4.78 is 0.660. The van der Waals surface area contributed by atoms with E-state index in [-0.39, 0.29) is 11.9 Å². The second-order valence-electron chi connectivity index (χ2n) is 5.98. The van der Waals surface area contributed by atoms with Crippen LogP contribution in [0.5, 0.6) is 0 Å². The minimum atomic E-state index is -0.181. The topological polar surface area (TPSA) is 56.0 Å². The van der Waals surface area contributed by atoms with E-state index in [0.717, 1.165) is 12.0 Å². The van der Waals surface area contributed by atoms with Crippen LogP contribution in [0.1, 0.15) is 48.3 Å². The molecule has 22 heavy (non-hydrogen) atoms. The summed E-state index contributed by atoms with van der Waals surface area (Å²) in [6, 6.07) is 11.3. The van der Waals surface area contributed by atoms with Gasteiger partial charge in [0.25, 0.3) is 5.91 Å². The van der Waals surface area contributed by atoms with Crippen molar-refractivity contribution in [2.75, 3.05) is 0 Å². The van der Waals surface area contributed by atoms with Crippen molar-refractivity contribution in [2.45, 2.75) is 33.2 Å². The minimum absolute atomic E-state index is 0.0832. The highest BCUT2D eigenvalue weighted by molar-refractivity contribution is 5.94. The number of amides is 1. The number of hydrogen-bond donors (Lipinski definition) is 1. The van der Waals surface area contributed by atoms with E-state index < -0.39 is 0 Å². The van der Waals surface area contributed by atoms with Gasteiger partial charge >= 0.3 is 0 Å². The van der Waals surface area contributed by atoms with Crippen molar-refractivity contribution in [1.82, 2.24) is 5.32 Å².